The summed E-state index contributed by atoms with van der Waals surface area (Å²) in [4.78, 5) is 21.1. The van der Waals surface area contributed by atoms with Crippen LogP contribution in [0.1, 0.15) is 21.7 Å². The Labute approximate surface area is 133 Å². The van der Waals surface area contributed by atoms with Crippen LogP contribution in [-0.4, -0.2) is 56.8 Å². The SMILES string of the molecule is NC(=O)c1ccc(-c2nc3c([nH]2)CN(C[C@H](O)CO)CC3)cc1. The van der Waals surface area contributed by atoms with Gasteiger partial charge in [-0.3, -0.25) is 9.69 Å². The van der Waals surface area contributed by atoms with E-state index in [0.717, 1.165) is 35.7 Å². The van der Waals surface area contributed by atoms with Crippen LogP contribution >= 0.6 is 0 Å². The number of primary amides is 1. The minimum absolute atomic E-state index is 0.232. The molecule has 7 nitrogen and oxygen atoms in total. The Kier molecular flexibility index (Phi) is 4.42. The summed E-state index contributed by atoms with van der Waals surface area (Å²) in [6.45, 7) is 1.68. The first-order valence-electron chi connectivity index (χ1n) is 7.56. The van der Waals surface area contributed by atoms with E-state index >= 15 is 0 Å². The number of β-amino-alcohol motifs (C(OH)–C–C–N with tert-alkyl or cyclic N) is 1. The highest BCUT2D eigenvalue weighted by atomic mass is 16.3. The zero-order chi connectivity index (χ0) is 16.4. The normalized spacial score (nSPS) is 16.1. The Balaban J connectivity index is 1.76. The molecule has 1 aliphatic rings. The van der Waals surface area contributed by atoms with Crippen LogP contribution in [0, 0.1) is 0 Å². The van der Waals surface area contributed by atoms with Gasteiger partial charge >= 0.3 is 0 Å². The number of aliphatic hydroxyl groups is 2. The molecule has 1 aromatic heterocycles. The number of nitrogens with two attached hydrogens (primary N) is 1. The quantitative estimate of drug-likeness (QED) is 0.614. The molecule has 0 fully saturated rings. The van der Waals surface area contributed by atoms with Crippen molar-refractivity contribution in [3.8, 4) is 11.4 Å². The molecule has 7 heteroatoms. The van der Waals surface area contributed by atoms with Crippen molar-refractivity contribution in [1.82, 2.24) is 14.9 Å². The van der Waals surface area contributed by atoms with E-state index in [4.69, 9.17) is 10.8 Å². The van der Waals surface area contributed by atoms with Gasteiger partial charge in [0.15, 0.2) is 0 Å². The van der Waals surface area contributed by atoms with Crippen LogP contribution in [0.15, 0.2) is 24.3 Å². The van der Waals surface area contributed by atoms with Crippen LogP contribution in [0.25, 0.3) is 11.4 Å². The van der Waals surface area contributed by atoms with Crippen molar-refractivity contribution in [2.45, 2.75) is 19.1 Å². The molecule has 0 spiro atoms. The van der Waals surface area contributed by atoms with Gasteiger partial charge in [0.1, 0.15) is 5.82 Å². The summed E-state index contributed by atoms with van der Waals surface area (Å²) >= 11 is 0. The van der Waals surface area contributed by atoms with Crippen LogP contribution in [0.4, 0.5) is 0 Å². The molecular formula is C16H20N4O3. The fraction of sp³-hybridized carbons (Fsp3) is 0.375. The number of nitrogens with one attached hydrogen (secondary N) is 1. The molecule has 0 saturated heterocycles. The summed E-state index contributed by atoms with van der Waals surface area (Å²) in [5.74, 6) is 0.309. The van der Waals surface area contributed by atoms with E-state index in [1.807, 2.05) is 12.1 Å². The third kappa shape index (κ3) is 3.42. The summed E-state index contributed by atoms with van der Waals surface area (Å²) in [7, 11) is 0. The van der Waals surface area contributed by atoms with Crippen molar-refractivity contribution in [1.29, 1.82) is 0 Å². The molecule has 122 valence electrons. The van der Waals surface area contributed by atoms with Gasteiger partial charge in [0.2, 0.25) is 5.91 Å². The first kappa shape index (κ1) is 15.7. The van der Waals surface area contributed by atoms with Crippen LogP contribution in [-0.2, 0) is 13.0 Å². The third-order valence-electron chi connectivity index (χ3n) is 4.03. The Morgan fingerprint density at radius 1 is 1.39 bits per heavy atom. The minimum atomic E-state index is -0.722. The predicted molar refractivity (Wildman–Crippen MR) is 84.6 cm³/mol. The van der Waals surface area contributed by atoms with Gasteiger partial charge in [-0.25, -0.2) is 4.98 Å². The fourth-order valence-electron chi connectivity index (χ4n) is 2.79. The lowest BCUT2D eigenvalue weighted by Crippen LogP contribution is -2.37. The summed E-state index contributed by atoms with van der Waals surface area (Å²) < 4.78 is 0. The summed E-state index contributed by atoms with van der Waals surface area (Å²) in [5.41, 5.74) is 8.65. The smallest absolute Gasteiger partial charge is 0.248 e. The van der Waals surface area contributed by atoms with Gasteiger partial charge in [0.05, 0.1) is 24.1 Å². The summed E-state index contributed by atoms with van der Waals surface area (Å²) in [5, 5.41) is 18.5. The number of rotatable bonds is 5. The number of hydrogen-bond acceptors (Lipinski definition) is 5. The molecule has 0 unspecified atom stereocenters. The van der Waals surface area contributed by atoms with Gasteiger partial charge in [0, 0.05) is 37.2 Å². The highest BCUT2D eigenvalue weighted by molar-refractivity contribution is 5.93. The van der Waals surface area contributed by atoms with E-state index < -0.39 is 12.0 Å². The first-order chi connectivity index (χ1) is 11.1. The van der Waals surface area contributed by atoms with E-state index in [9.17, 15) is 9.90 Å². The number of fused-ring (bicyclic) bond motifs is 1. The zero-order valence-corrected chi connectivity index (χ0v) is 12.7. The topological polar surface area (TPSA) is 115 Å². The second kappa shape index (κ2) is 6.49. The number of nitrogens with zero attached hydrogens (tertiary/aromatic N) is 2. The molecule has 0 aliphatic carbocycles. The number of aromatic nitrogens is 2. The monoisotopic (exact) mass is 316 g/mol. The van der Waals surface area contributed by atoms with Crippen LogP contribution < -0.4 is 5.73 Å². The number of benzene rings is 1. The number of carbonyl (C=O) groups is 1. The van der Waals surface area contributed by atoms with Crippen molar-refractivity contribution in [2.75, 3.05) is 19.7 Å². The molecular weight excluding hydrogens is 296 g/mol. The van der Waals surface area contributed by atoms with Gasteiger partial charge in [-0.15, -0.1) is 0 Å². The summed E-state index contributed by atoms with van der Waals surface area (Å²) in [6.07, 6.45) is 0.0730. The van der Waals surface area contributed by atoms with E-state index in [1.165, 1.54) is 0 Å². The van der Waals surface area contributed by atoms with Gasteiger partial charge in [-0.05, 0) is 12.1 Å². The van der Waals surface area contributed by atoms with Gasteiger partial charge in [-0.2, -0.15) is 0 Å². The molecule has 0 saturated carbocycles. The first-order valence-corrected chi connectivity index (χ1v) is 7.56. The number of imidazole rings is 1. The fourth-order valence-corrected chi connectivity index (χ4v) is 2.79. The van der Waals surface area contributed by atoms with Crippen molar-refractivity contribution in [3.05, 3.63) is 41.2 Å². The molecule has 23 heavy (non-hydrogen) atoms. The van der Waals surface area contributed by atoms with E-state index in [2.05, 4.69) is 14.9 Å². The zero-order valence-electron chi connectivity index (χ0n) is 12.7. The molecule has 0 bridgehead atoms. The largest absolute Gasteiger partial charge is 0.394 e. The number of carbonyl (C=O) groups excluding carboxylic acids is 1. The molecule has 1 aromatic carbocycles. The number of amides is 1. The number of aromatic amines is 1. The Morgan fingerprint density at radius 3 is 2.78 bits per heavy atom. The van der Waals surface area contributed by atoms with Gasteiger partial charge < -0.3 is 20.9 Å². The van der Waals surface area contributed by atoms with E-state index in [1.54, 1.807) is 12.1 Å². The molecule has 3 rings (SSSR count). The van der Waals surface area contributed by atoms with Gasteiger partial charge in [-0.1, -0.05) is 12.1 Å². The Morgan fingerprint density at radius 2 is 2.13 bits per heavy atom. The second-order valence-electron chi connectivity index (χ2n) is 5.77. The molecule has 1 amide bonds. The van der Waals surface area contributed by atoms with Crippen molar-refractivity contribution in [3.63, 3.8) is 0 Å². The van der Waals surface area contributed by atoms with E-state index in [-0.39, 0.29) is 6.61 Å². The predicted octanol–water partition coefficient (Wildman–Crippen LogP) is -0.113. The third-order valence-corrected chi connectivity index (χ3v) is 4.03. The Bertz CT molecular complexity index is 696. The lowest BCUT2D eigenvalue weighted by atomic mass is 10.1. The maximum Gasteiger partial charge on any atom is 0.248 e. The lowest BCUT2D eigenvalue weighted by Gasteiger charge is -2.27. The average molecular weight is 316 g/mol. The molecule has 0 radical (unpaired) electrons. The highest BCUT2D eigenvalue weighted by Crippen LogP contribution is 2.23. The molecule has 2 heterocycles. The highest BCUT2D eigenvalue weighted by Gasteiger charge is 2.22. The molecule has 1 aliphatic heterocycles. The lowest BCUT2D eigenvalue weighted by molar-refractivity contribution is 0.0546. The van der Waals surface area contributed by atoms with Gasteiger partial charge in [0.25, 0.3) is 0 Å². The summed E-state index contributed by atoms with van der Waals surface area (Å²) in [6, 6.07) is 7.00. The molecule has 1 atom stereocenters. The van der Waals surface area contributed by atoms with Crippen LogP contribution in [0.3, 0.4) is 0 Å². The average Bonchev–Trinajstić information content (AvgIpc) is 2.98. The minimum Gasteiger partial charge on any atom is -0.394 e. The number of hydrogen-bond donors (Lipinski definition) is 4. The maximum absolute atomic E-state index is 11.1. The Hall–Kier alpha value is -2.22. The van der Waals surface area contributed by atoms with Crippen LogP contribution in [0.2, 0.25) is 0 Å². The van der Waals surface area contributed by atoms with Crippen molar-refractivity contribution >= 4 is 5.91 Å². The standard InChI is InChI=1S/C16H20N4O3/c17-15(23)10-1-3-11(4-2-10)16-18-13-5-6-20(7-12(22)9-21)8-14(13)19-16/h1-4,12,21-22H,5-9H2,(H2,17,23)(H,18,19)/t12-/m0/s1. The van der Waals surface area contributed by atoms with E-state index in [0.29, 0.717) is 18.7 Å². The molecule has 5 N–H and O–H groups in total. The molecule has 2 aromatic rings. The number of aliphatic hydroxyl groups excluding tert-OH is 2. The van der Waals surface area contributed by atoms with Crippen molar-refractivity contribution in [2.24, 2.45) is 5.73 Å². The maximum atomic E-state index is 11.1. The second-order valence-corrected chi connectivity index (χ2v) is 5.77. The number of H-pyrrole nitrogens is 1. The van der Waals surface area contributed by atoms with Crippen LogP contribution in [0.5, 0.6) is 0 Å². The van der Waals surface area contributed by atoms with Crippen molar-refractivity contribution < 1.29 is 15.0 Å².